The molecule has 0 spiro atoms. The van der Waals surface area contributed by atoms with Gasteiger partial charge in [-0.25, -0.2) is 0 Å². The molecule has 2 amide bonds. The van der Waals surface area contributed by atoms with Crippen LogP contribution in [-0.4, -0.2) is 18.4 Å². The first kappa shape index (κ1) is 18.2. The van der Waals surface area contributed by atoms with Crippen molar-refractivity contribution >= 4 is 17.5 Å². The van der Waals surface area contributed by atoms with Crippen LogP contribution in [-0.2, 0) is 0 Å². The number of carbonyl (C=O) groups is 2. The van der Waals surface area contributed by atoms with Gasteiger partial charge in [0.15, 0.2) is 0 Å². The number of hydrogen-bond donors (Lipinski definition) is 2. The van der Waals surface area contributed by atoms with Crippen LogP contribution in [0.5, 0.6) is 11.5 Å². The third-order valence-corrected chi connectivity index (χ3v) is 3.84. The Balaban J connectivity index is 1.61. The lowest BCUT2D eigenvalue weighted by molar-refractivity contribution is 0.0955. The molecule has 5 heteroatoms. The summed E-state index contributed by atoms with van der Waals surface area (Å²) in [6.07, 6.45) is 0. The normalized spacial score (nSPS) is 10.1. The molecule has 0 aliphatic heterocycles. The zero-order valence-corrected chi connectivity index (χ0v) is 14.9. The fourth-order valence-corrected chi connectivity index (χ4v) is 2.47. The summed E-state index contributed by atoms with van der Waals surface area (Å²) in [4.78, 5) is 24.1. The van der Waals surface area contributed by atoms with Crippen LogP contribution >= 0.6 is 0 Å². The summed E-state index contributed by atoms with van der Waals surface area (Å²) >= 11 is 0. The van der Waals surface area contributed by atoms with Crippen molar-refractivity contribution in [3.05, 3.63) is 90.0 Å². The minimum Gasteiger partial charge on any atom is -0.457 e. The Labute approximate surface area is 158 Å². The highest BCUT2D eigenvalue weighted by Crippen LogP contribution is 2.21. The topological polar surface area (TPSA) is 67.4 Å². The van der Waals surface area contributed by atoms with E-state index in [-0.39, 0.29) is 11.8 Å². The SMILES string of the molecule is CCNC(=O)c1ccc(NC(=O)c2ccc(Oc3ccccc3)cc2)cc1. The fourth-order valence-electron chi connectivity index (χ4n) is 2.47. The number of rotatable bonds is 6. The van der Waals surface area contributed by atoms with Gasteiger partial charge in [0.05, 0.1) is 0 Å². The number of benzene rings is 3. The van der Waals surface area contributed by atoms with Crippen LogP contribution < -0.4 is 15.4 Å². The van der Waals surface area contributed by atoms with Gasteiger partial charge >= 0.3 is 0 Å². The number of anilines is 1. The highest BCUT2D eigenvalue weighted by Gasteiger charge is 2.08. The van der Waals surface area contributed by atoms with Crippen LogP contribution in [0.3, 0.4) is 0 Å². The first-order valence-corrected chi connectivity index (χ1v) is 8.68. The molecule has 2 N–H and O–H groups in total. The number of hydrogen-bond acceptors (Lipinski definition) is 3. The molecule has 136 valence electrons. The molecule has 3 aromatic rings. The number of amides is 2. The van der Waals surface area contributed by atoms with Gasteiger partial charge in [0.1, 0.15) is 11.5 Å². The van der Waals surface area contributed by atoms with E-state index in [4.69, 9.17) is 4.74 Å². The Morgan fingerprint density at radius 3 is 1.93 bits per heavy atom. The molecular formula is C22H20N2O3. The van der Waals surface area contributed by atoms with Crippen LogP contribution in [0.2, 0.25) is 0 Å². The van der Waals surface area contributed by atoms with Gasteiger partial charge in [0.25, 0.3) is 11.8 Å². The first-order chi connectivity index (χ1) is 13.2. The van der Waals surface area contributed by atoms with E-state index in [1.165, 1.54) is 0 Å². The largest absolute Gasteiger partial charge is 0.457 e. The summed E-state index contributed by atoms with van der Waals surface area (Å²) in [5.74, 6) is 1.03. The van der Waals surface area contributed by atoms with E-state index in [9.17, 15) is 9.59 Å². The molecule has 0 fully saturated rings. The molecule has 0 saturated heterocycles. The van der Waals surface area contributed by atoms with Crippen molar-refractivity contribution in [3.8, 4) is 11.5 Å². The first-order valence-electron chi connectivity index (χ1n) is 8.68. The Morgan fingerprint density at radius 1 is 0.741 bits per heavy atom. The van der Waals surface area contributed by atoms with Crippen molar-refractivity contribution in [2.75, 3.05) is 11.9 Å². The molecule has 0 unspecified atom stereocenters. The number of nitrogens with one attached hydrogen (secondary N) is 2. The fraction of sp³-hybridized carbons (Fsp3) is 0.0909. The molecule has 0 atom stereocenters. The molecule has 27 heavy (non-hydrogen) atoms. The van der Waals surface area contributed by atoms with Crippen molar-refractivity contribution in [2.45, 2.75) is 6.92 Å². The van der Waals surface area contributed by atoms with Crippen molar-refractivity contribution in [1.29, 1.82) is 0 Å². The lowest BCUT2D eigenvalue weighted by Crippen LogP contribution is -2.22. The van der Waals surface area contributed by atoms with Gasteiger partial charge in [-0.1, -0.05) is 18.2 Å². The maximum absolute atomic E-state index is 12.4. The summed E-state index contributed by atoms with van der Waals surface area (Å²) in [5.41, 5.74) is 1.69. The van der Waals surface area contributed by atoms with Crippen LogP contribution in [0.25, 0.3) is 0 Å². The van der Waals surface area contributed by atoms with E-state index < -0.39 is 0 Å². The Bertz CT molecular complexity index is 905. The average Bonchev–Trinajstić information content (AvgIpc) is 2.70. The van der Waals surface area contributed by atoms with Gasteiger partial charge in [-0.2, -0.15) is 0 Å². The second kappa shape index (κ2) is 8.67. The van der Waals surface area contributed by atoms with Gasteiger partial charge in [0.2, 0.25) is 0 Å². The van der Waals surface area contributed by atoms with Crippen LogP contribution in [0.15, 0.2) is 78.9 Å². The Hall–Kier alpha value is -3.60. The third kappa shape index (κ3) is 4.95. The van der Waals surface area contributed by atoms with E-state index in [1.54, 1.807) is 48.5 Å². The molecule has 5 nitrogen and oxygen atoms in total. The molecule has 3 aromatic carbocycles. The molecule has 0 aliphatic rings. The van der Waals surface area contributed by atoms with Crippen molar-refractivity contribution in [3.63, 3.8) is 0 Å². The Kier molecular flexibility index (Phi) is 5.84. The van der Waals surface area contributed by atoms with E-state index in [2.05, 4.69) is 10.6 Å². The second-order valence-corrected chi connectivity index (χ2v) is 5.83. The summed E-state index contributed by atoms with van der Waals surface area (Å²) in [6.45, 7) is 2.43. The average molecular weight is 360 g/mol. The van der Waals surface area contributed by atoms with Gasteiger partial charge in [-0.3, -0.25) is 9.59 Å². The van der Waals surface area contributed by atoms with Crippen LogP contribution in [0.1, 0.15) is 27.6 Å². The van der Waals surface area contributed by atoms with Crippen molar-refractivity contribution in [1.82, 2.24) is 5.32 Å². The number of carbonyl (C=O) groups excluding carboxylic acids is 2. The lowest BCUT2D eigenvalue weighted by Gasteiger charge is -2.08. The van der Waals surface area contributed by atoms with Gasteiger partial charge < -0.3 is 15.4 Å². The summed E-state index contributed by atoms with van der Waals surface area (Å²) in [7, 11) is 0. The quantitative estimate of drug-likeness (QED) is 0.681. The standard InChI is InChI=1S/C22H20N2O3/c1-2-23-21(25)16-8-12-18(13-9-16)24-22(26)17-10-14-20(15-11-17)27-19-6-4-3-5-7-19/h3-15H,2H2,1H3,(H,23,25)(H,24,26). The molecule has 0 saturated carbocycles. The highest BCUT2D eigenvalue weighted by atomic mass is 16.5. The van der Waals surface area contributed by atoms with Crippen molar-refractivity contribution in [2.24, 2.45) is 0 Å². The van der Waals surface area contributed by atoms with Crippen LogP contribution in [0, 0.1) is 0 Å². The maximum Gasteiger partial charge on any atom is 0.255 e. The minimum atomic E-state index is -0.230. The maximum atomic E-state index is 12.4. The van der Waals surface area contributed by atoms with E-state index in [0.717, 1.165) is 5.75 Å². The molecule has 0 aliphatic carbocycles. The van der Waals surface area contributed by atoms with Crippen LogP contribution in [0.4, 0.5) is 5.69 Å². The summed E-state index contributed by atoms with van der Waals surface area (Å²) in [5, 5.41) is 5.55. The molecule has 0 bridgehead atoms. The summed E-state index contributed by atoms with van der Waals surface area (Å²) in [6, 6.07) is 23.1. The predicted molar refractivity (Wildman–Crippen MR) is 105 cm³/mol. The highest BCUT2D eigenvalue weighted by molar-refractivity contribution is 6.04. The smallest absolute Gasteiger partial charge is 0.255 e. The van der Waals surface area contributed by atoms with Gasteiger partial charge in [-0.05, 0) is 67.6 Å². The van der Waals surface area contributed by atoms with E-state index in [0.29, 0.717) is 29.1 Å². The molecule has 0 heterocycles. The number of para-hydroxylation sites is 1. The predicted octanol–water partition coefficient (Wildman–Crippen LogP) is 4.48. The monoisotopic (exact) mass is 360 g/mol. The van der Waals surface area contributed by atoms with E-state index >= 15 is 0 Å². The van der Waals surface area contributed by atoms with Gasteiger partial charge in [0, 0.05) is 23.4 Å². The zero-order chi connectivity index (χ0) is 19.1. The second-order valence-electron chi connectivity index (χ2n) is 5.83. The number of ether oxygens (including phenoxy) is 1. The van der Waals surface area contributed by atoms with E-state index in [1.807, 2.05) is 37.3 Å². The molecular weight excluding hydrogens is 340 g/mol. The summed E-state index contributed by atoms with van der Waals surface area (Å²) < 4.78 is 5.72. The van der Waals surface area contributed by atoms with Gasteiger partial charge in [-0.15, -0.1) is 0 Å². The third-order valence-electron chi connectivity index (χ3n) is 3.84. The molecule has 3 rings (SSSR count). The zero-order valence-electron chi connectivity index (χ0n) is 14.9. The molecule has 0 aromatic heterocycles. The minimum absolute atomic E-state index is 0.135. The van der Waals surface area contributed by atoms with Crippen molar-refractivity contribution < 1.29 is 14.3 Å². The molecule has 0 radical (unpaired) electrons. The lowest BCUT2D eigenvalue weighted by atomic mass is 10.1. The Morgan fingerprint density at radius 2 is 1.30 bits per heavy atom.